The number of alkyl halides is 3. The van der Waals surface area contributed by atoms with Gasteiger partial charge in [0.05, 0.1) is 5.02 Å². The molecule has 0 saturated heterocycles. The fraction of sp³-hybridized carbons (Fsp3) is 0.308. The van der Waals surface area contributed by atoms with Gasteiger partial charge in [-0.15, -0.1) is 11.3 Å². The number of rotatable bonds is 4. The van der Waals surface area contributed by atoms with Crippen molar-refractivity contribution in [3.8, 4) is 0 Å². The van der Waals surface area contributed by atoms with Gasteiger partial charge in [-0.1, -0.05) is 23.7 Å². The van der Waals surface area contributed by atoms with E-state index in [1.165, 1.54) is 6.07 Å². The lowest BCUT2D eigenvalue weighted by Gasteiger charge is -2.15. The number of halogens is 5. The first-order valence-corrected chi connectivity index (χ1v) is 7.15. The van der Waals surface area contributed by atoms with Crippen LogP contribution in [0.2, 0.25) is 5.02 Å². The molecule has 0 fully saturated rings. The largest absolute Gasteiger partial charge is 0.443 e. The van der Waals surface area contributed by atoms with E-state index >= 15 is 0 Å². The molecule has 1 atom stereocenters. The minimum absolute atomic E-state index is 0.0114. The Bertz CT molecular complexity index is 627. The molecule has 0 radical (unpaired) electrons. The van der Waals surface area contributed by atoms with Crippen molar-refractivity contribution in [3.63, 3.8) is 0 Å². The topological polar surface area (TPSA) is 24.9 Å². The first-order chi connectivity index (χ1) is 9.82. The fourth-order valence-corrected chi connectivity index (χ4v) is 2.94. The molecule has 0 aliphatic heterocycles. The highest BCUT2D eigenvalue weighted by Crippen LogP contribution is 2.35. The number of nitrogens with one attached hydrogen (secondary N) is 1. The second kappa shape index (κ2) is 6.29. The van der Waals surface area contributed by atoms with Crippen LogP contribution in [0.5, 0.6) is 0 Å². The van der Waals surface area contributed by atoms with Crippen LogP contribution in [0.3, 0.4) is 0 Å². The van der Waals surface area contributed by atoms with E-state index in [1.807, 2.05) is 0 Å². The molecule has 1 N–H and O–H groups in total. The van der Waals surface area contributed by atoms with Gasteiger partial charge in [0.1, 0.15) is 5.82 Å². The summed E-state index contributed by atoms with van der Waals surface area (Å²) in [5.41, 5.74) is 0.337. The molecule has 0 bridgehead atoms. The third-order valence-corrected chi connectivity index (χ3v) is 4.36. The van der Waals surface area contributed by atoms with Crippen molar-refractivity contribution >= 4 is 22.9 Å². The smallest absolute Gasteiger partial charge is 0.312 e. The Hall–Kier alpha value is -1.18. The maximum absolute atomic E-state index is 13.9. The zero-order valence-corrected chi connectivity index (χ0v) is 12.4. The summed E-state index contributed by atoms with van der Waals surface area (Å²) >= 11 is 6.24. The van der Waals surface area contributed by atoms with Gasteiger partial charge >= 0.3 is 6.18 Å². The Balaban J connectivity index is 2.24. The van der Waals surface area contributed by atoms with Crippen molar-refractivity contribution in [2.75, 3.05) is 7.05 Å². The maximum atomic E-state index is 13.9. The summed E-state index contributed by atoms with van der Waals surface area (Å²) in [5, 5.41) is 1.95. The van der Waals surface area contributed by atoms with Gasteiger partial charge in [0.25, 0.3) is 0 Å². The van der Waals surface area contributed by atoms with E-state index in [2.05, 4.69) is 10.3 Å². The quantitative estimate of drug-likeness (QED) is 0.833. The first-order valence-electron chi connectivity index (χ1n) is 5.96. The van der Waals surface area contributed by atoms with Crippen molar-refractivity contribution in [2.45, 2.75) is 18.6 Å². The summed E-state index contributed by atoms with van der Waals surface area (Å²) < 4.78 is 51.5. The van der Waals surface area contributed by atoms with Crippen molar-refractivity contribution in [3.05, 3.63) is 50.7 Å². The van der Waals surface area contributed by atoms with Gasteiger partial charge in [0.2, 0.25) is 0 Å². The van der Waals surface area contributed by atoms with Crippen molar-refractivity contribution in [1.29, 1.82) is 0 Å². The molecular formula is C13H11ClF4N2S. The van der Waals surface area contributed by atoms with E-state index in [0.717, 1.165) is 6.20 Å². The van der Waals surface area contributed by atoms with E-state index in [0.29, 0.717) is 21.8 Å². The summed E-state index contributed by atoms with van der Waals surface area (Å²) in [5.74, 6) is -0.556. The number of aromatic nitrogens is 1. The van der Waals surface area contributed by atoms with Gasteiger partial charge in [-0.2, -0.15) is 13.2 Å². The molecule has 2 nitrogen and oxygen atoms in total. The molecule has 2 rings (SSSR count). The summed E-state index contributed by atoms with van der Waals surface area (Å²) in [6.07, 6.45) is -3.12. The zero-order valence-electron chi connectivity index (χ0n) is 10.8. The van der Waals surface area contributed by atoms with Gasteiger partial charge in [-0.05, 0) is 25.1 Å². The Morgan fingerprint density at radius 3 is 2.67 bits per heavy atom. The molecule has 8 heteroatoms. The Morgan fingerprint density at radius 2 is 2.10 bits per heavy atom. The number of hydrogen-bond donors (Lipinski definition) is 1. The molecule has 0 amide bonds. The van der Waals surface area contributed by atoms with Crippen LogP contribution in [0.25, 0.3) is 0 Å². The third kappa shape index (κ3) is 3.72. The average Bonchev–Trinajstić information content (AvgIpc) is 2.90. The van der Waals surface area contributed by atoms with E-state index in [4.69, 9.17) is 11.6 Å². The molecular weight excluding hydrogens is 328 g/mol. The molecule has 0 aliphatic rings. The molecule has 1 aromatic heterocycles. The number of likely N-dealkylation sites (N-methyl/N-ethyl adjacent to an activating group) is 1. The van der Waals surface area contributed by atoms with Crippen LogP contribution in [-0.2, 0) is 12.6 Å². The lowest BCUT2D eigenvalue weighted by atomic mass is 10.0. The molecule has 1 heterocycles. The minimum Gasteiger partial charge on any atom is -0.312 e. The molecule has 0 spiro atoms. The lowest BCUT2D eigenvalue weighted by Crippen LogP contribution is -2.18. The van der Waals surface area contributed by atoms with E-state index < -0.39 is 23.0 Å². The Labute approximate surface area is 127 Å². The maximum Gasteiger partial charge on any atom is 0.443 e. The Morgan fingerprint density at radius 1 is 1.38 bits per heavy atom. The second-order valence-corrected chi connectivity index (χ2v) is 5.79. The standard InChI is InChI=1S/C13H11ClF4N2S/c1-19-9(5-7-3-2-4-8(14)11(7)15)10-6-20-12(21-10)13(16,17)18/h2-4,6,9,19H,5H2,1H3. The van der Waals surface area contributed by atoms with E-state index in [1.54, 1.807) is 19.2 Å². The van der Waals surface area contributed by atoms with Crippen LogP contribution in [0.15, 0.2) is 24.4 Å². The highest BCUT2D eigenvalue weighted by molar-refractivity contribution is 7.11. The van der Waals surface area contributed by atoms with Crippen LogP contribution in [0.1, 0.15) is 21.5 Å². The highest BCUT2D eigenvalue weighted by atomic mass is 35.5. The molecule has 1 aromatic carbocycles. The molecule has 0 aliphatic carbocycles. The van der Waals surface area contributed by atoms with Crippen molar-refractivity contribution in [1.82, 2.24) is 10.3 Å². The van der Waals surface area contributed by atoms with E-state index in [9.17, 15) is 17.6 Å². The molecule has 2 aromatic rings. The van der Waals surface area contributed by atoms with Crippen LogP contribution in [-0.4, -0.2) is 12.0 Å². The summed E-state index contributed by atoms with van der Waals surface area (Å²) in [6, 6.07) is 4.11. The number of benzene rings is 1. The van der Waals surface area contributed by atoms with Gasteiger partial charge in [-0.3, -0.25) is 0 Å². The van der Waals surface area contributed by atoms with E-state index in [-0.39, 0.29) is 11.4 Å². The van der Waals surface area contributed by atoms with Crippen LogP contribution < -0.4 is 5.32 Å². The lowest BCUT2D eigenvalue weighted by molar-refractivity contribution is -0.137. The minimum atomic E-state index is -4.47. The van der Waals surface area contributed by atoms with Gasteiger partial charge < -0.3 is 5.32 Å². The highest BCUT2D eigenvalue weighted by Gasteiger charge is 2.35. The van der Waals surface area contributed by atoms with Crippen LogP contribution in [0.4, 0.5) is 17.6 Å². The van der Waals surface area contributed by atoms with Crippen molar-refractivity contribution < 1.29 is 17.6 Å². The number of nitrogens with zero attached hydrogens (tertiary/aromatic N) is 1. The number of hydrogen-bond acceptors (Lipinski definition) is 3. The van der Waals surface area contributed by atoms with Gasteiger partial charge in [0.15, 0.2) is 5.01 Å². The summed E-state index contributed by atoms with van der Waals surface area (Å²) in [4.78, 5) is 3.76. The van der Waals surface area contributed by atoms with Crippen molar-refractivity contribution in [2.24, 2.45) is 0 Å². The van der Waals surface area contributed by atoms with Gasteiger partial charge in [-0.25, -0.2) is 9.37 Å². The molecule has 0 saturated carbocycles. The summed E-state index contributed by atoms with van der Waals surface area (Å²) in [6.45, 7) is 0. The zero-order chi connectivity index (χ0) is 15.6. The first kappa shape index (κ1) is 16.2. The molecule has 1 unspecified atom stereocenters. The van der Waals surface area contributed by atoms with Crippen LogP contribution >= 0.6 is 22.9 Å². The molecule has 114 valence electrons. The molecule has 21 heavy (non-hydrogen) atoms. The summed E-state index contributed by atoms with van der Waals surface area (Å²) in [7, 11) is 1.60. The monoisotopic (exact) mass is 338 g/mol. The number of thiazole rings is 1. The predicted octanol–water partition coefficient (Wildman–Crippen LogP) is 4.46. The fourth-order valence-electron chi connectivity index (χ4n) is 1.85. The second-order valence-electron chi connectivity index (χ2n) is 4.32. The normalized spacial score (nSPS) is 13.4. The van der Waals surface area contributed by atoms with Crippen LogP contribution in [0, 0.1) is 5.82 Å². The predicted molar refractivity (Wildman–Crippen MR) is 74.0 cm³/mol. The Kier molecular flexibility index (Phi) is 4.85. The average molecular weight is 339 g/mol. The van der Waals surface area contributed by atoms with Gasteiger partial charge in [0, 0.05) is 17.1 Å². The SMILES string of the molecule is CNC(Cc1cccc(Cl)c1F)c1cnc(C(F)(F)F)s1. The third-order valence-electron chi connectivity index (χ3n) is 2.91.